The Morgan fingerprint density at radius 2 is 0.459 bits per heavy atom. The normalized spacial score (nSPS) is 12.2. The third kappa shape index (κ3) is 9.02. The van der Waals surface area contributed by atoms with E-state index in [4.69, 9.17) is 4.42 Å². The van der Waals surface area contributed by atoms with Crippen LogP contribution in [0.4, 0.5) is 0 Å². The summed E-state index contributed by atoms with van der Waals surface area (Å²) in [5, 5.41) is 17.0. The Kier molecular flexibility index (Phi) is 12.7. The van der Waals surface area contributed by atoms with E-state index in [1.165, 1.54) is 157 Å². The average molecular weight is 1400 g/mol. The lowest BCUT2D eigenvalue weighted by Gasteiger charge is -2.12. The van der Waals surface area contributed by atoms with Gasteiger partial charge in [-0.1, -0.05) is 194 Å². The van der Waals surface area contributed by atoms with E-state index >= 15 is 0 Å². The summed E-state index contributed by atoms with van der Waals surface area (Å²) in [7, 11) is 0. The number of benzene rings is 17. The van der Waals surface area contributed by atoms with Crippen molar-refractivity contribution in [2.75, 3.05) is 0 Å². The fourth-order valence-corrected chi connectivity index (χ4v) is 19.4. The molecule has 7 heterocycles. The quantitative estimate of drug-likeness (QED) is 0.142. The lowest BCUT2D eigenvalue weighted by Crippen LogP contribution is -1.96. The molecule has 109 heavy (non-hydrogen) atoms. The second-order valence-electron chi connectivity index (χ2n) is 29.1. The molecule has 24 rings (SSSR count). The number of fused-ring (bicyclic) bond motifs is 21. The Labute approximate surface area is 628 Å². The first-order valence-electron chi connectivity index (χ1n) is 37.3. The first-order chi connectivity index (χ1) is 54.0. The maximum absolute atomic E-state index is 6.29. The van der Waals surface area contributed by atoms with Crippen molar-refractivity contribution in [3.8, 4) is 72.9 Å². The Morgan fingerprint density at radius 3 is 0.982 bits per heavy atom. The molecule has 0 saturated carbocycles. The highest BCUT2D eigenvalue weighted by atomic mass is 32.1. The van der Waals surface area contributed by atoms with E-state index in [0.717, 1.165) is 67.0 Å². The molecule has 0 fully saturated rings. The van der Waals surface area contributed by atoms with Gasteiger partial charge in [0.1, 0.15) is 11.2 Å². The second kappa shape index (κ2) is 23.1. The van der Waals surface area contributed by atoms with E-state index in [2.05, 4.69) is 381 Å². The minimum absolute atomic E-state index is 0.892. The molecule has 0 N–H and O–H groups in total. The van der Waals surface area contributed by atoms with Crippen LogP contribution in [0, 0.1) is 0 Å². The first-order valence-corrected chi connectivity index (χ1v) is 38.2. The summed E-state index contributed by atoms with van der Waals surface area (Å²) in [4.78, 5) is 0. The van der Waals surface area contributed by atoms with Crippen LogP contribution in [0.1, 0.15) is 0 Å². The van der Waals surface area contributed by atoms with Crippen LogP contribution in [0.25, 0.3) is 224 Å². The molecule has 0 bridgehead atoms. The van der Waals surface area contributed by atoms with Gasteiger partial charge >= 0.3 is 0 Å². The zero-order valence-electron chi connectivity index (χ0n) is 58.8. The van der Waals surface area contributed by atoms with Gasteiger partial charge in [-0.25, -0.2) is 0 Å². The molecule has 0 unspecified atom stereocenters. The molecule has 0 aliphatic rings. The van der Waals surface area contributed by atoms with Gasteiger partial charge in [-0.05, 0) is 220 Å². The van der Waals surface area contributed by atoms with E-state index in [0.29, 0.717) is 0 Å². The number of nitrogens with zero attached hydrogens (tertiary/aromatic N) is 5. The Hall–Kier alpha value is -14.2. The van der Waals surface area contributed by atoms with E-state index in [9.17, 15) is 0 Å². The standard InChI is InChI=1S/C102H61N5OS/c1-2-17-62(18-3-1)64-19-16-20-71(53-64)104-92-30-13-7-24-78(92)86-59-72(42-50-98(86)104)105-90-28-11-5-22-76(90)82-56-67(37-47-94(82)105)66-36-46-93-81(55-66)75-21-4-10-27-89(75)103(93)70-40-33-63(34-41-70)65-35-45-96-84(54-65)85-58-69(39-49-97(85)107(96)74-44-52-102-88(61-74)80-26-9-15-32-101(80)109-102)68-38-48-95-83(57-68)77-23-6-12-29-91(77)106(95)73-43-51-100-87(60-73)79-25-8-14-31-99(79)108-100/h1-61H. The molecule has 6 nitrogen and oxygen atoms in total. The van der Waals surface area contributed by atoms with Gasteiger partial charge in [0.05, 0.1) is 55.2 Å². The predicted octanol–water partition coefficient (Wildman–Crippen LogP) is 28.1. The molecular formula is C102H61N5OS. The third-order valence-corrected chi connectivity index (χ3v) is 24.4. The van der Waals surface area contributed by atoms with Crippen molar-refractivity contribution in [2.45, 2.75) is 0 Å². The molecule has 506 valence electrons. The SMILES string of the molecule is c1ccc(-c2cccc(-n3c4ccccc4c4cc(-n5c6ccccc6c6cc(-c7ccc8c(c7)c7ccccc7n8-c7ccc(-c8ccc9c(c8)c8cc(-c%10ccc%11c(c%10)c%10ccccc%10n%11-c%10ccc%11oc%12ccccc%12c%11c%10)ccc8n9-c8ccc9sc%10ccccc%10c9c8)cc7)ccc65)ccc43)c2)cc1. The van der Waals surface area contributed by atoms with Crippen molar-refractivity contribution in [1.82, 2.24) is 22.8 Å². The molecule has 0 spiro atoms. The predicted molar refractivity (Wildman–Crippen MR) is 460 cm³/mol. The number of aromatic nitrogens is 5. The zero-order valence-corrected chi connectivity index (χ0v) is 59.6. The zero-order chi connectivity index (χ0) is 71.1. The number of hydrogen-bond acceptors (Lipinski definition) is 2. The fourth-order valence-electron chi connectivity index (χ4n) is 18.3. The summed E-state index contributed by atoms with van der Waals surface area (Å²) in [5.41, 5.74) is 28.6. The maximum atomic E-state index is 6.29. The molecule has 0 amide bonds. The van der Waals surface area contributed by atoms with Crippen molar-refractivity contribution in [3.05, 3.63) is 370 Å². The number of rotatable bonds is 9. The van der Waals surface area contributed by atoms with Gasteiger partial charge < -0.3 is 27.3 Å². The Bertz CT molecular complexity index is 7990. The molecule has 17 aromatic carbocycles. The van der Waals surface area contributed by atoms with Gasteiger partial charge in [0.2, 0.25) is 0 Å². The Morgan fingerprint density at radius 1 is 0.156 bits per heavy atom. The van der Waals surface area contributed by atoms with Crippen molar-refractivity contribution >= 4 is 162 Å². The molecule has 24 aromatic rings. The van der Waals surface area contributed by atoms with E-state index in [1.54, 1.807) is 0 Å². The van der Waals surface area contributed by atoms with Gasteiger partial charge in [0.25, 0.3) is 0 Å². The number of furan rings is 1. The van der Waals surface area contributed by atoms with Crippen LogP contribution in [-0.2, 0) is 0 Å². The van der Waals surface area contributed by atoms with Gasteiger partial charge in [0, 0.05) is 113 Å². The highest BCUT2D eigenvalue weighted by molar-refractivity contribution is 7.25. The molecule has 0 saturated heterocycles. The minimum Gasteiger partial charge on any atom is -0.456 e. The number of hydrogen-bond donors (Lipinski definition) is 0. The van der Waals surface area contributed by atoms with Crippen LogP contribution in [0.3, 0.4) is 0 Å². The van der Waals surface area contributed by atoms with Gasteiger partial charge in [-0.2, -0.15) is 0 Å². The highest BCUT2D eigenvalue weighted by Crippen LogP contribution is 2.46. The third-order valence-electron chi connectivity index (χ3n) is 23.3. The van der Waals surface area contributed by atoms with Crippen LogP contribution in [0.2, 0.25) is 0 Å². The second-order valence-corrected chi connectivity index (χ2v) is 30.2. The van der Waals surface area contributed by atoms with Gasteiger partial charge in [0.15, 0.2) is 0 Å². The molecule has 0 atom stereocenters. The summed E-state index contributed by atoms with van der Waals surface area (Å²) < 4.78 is 21.1. The van der Waals surface area contributed by atoms with Crippen LogP contribution in [0.15, 0.2) is 374 Å². The minimum atomic E-state index is 0.892. The summed E-state index contributed by atoms with van der Waals surface area (Å²) in [6.07, 6.45) is 0. The van der Waals surface area contributed by atoms with E-state index < -0.39 is 0 Å². The monoisotopic (exact) mass is 1400 g/mol. The summed E-state index contributed by atoms with van der Waals surface area (Å²) in [5.74, 6) is 0. The number of thiophene rings is 1. The summed E-state index contributed by atoms with van der Waals surface area (Å²) >= 11 is 1.86. The van der Waals surface area contributed by atoms with E-state index in [1.807, 2.05) is 23.5 Å². The smallest absolute Gasteiger partial charge is 0.135 e. The van der Waals surface area contributed by atoms with Gasteiger partial charge in [-0.3, -0.25) is 0 Å². The van der Waals surface area contributed by atoms with E-state index in [-0.39, 0.29) is 0 Å². The van der Waals surface area contributed by atoms with Crippen molar-refractivity contribution < 1.29 is 4.42 Å². The highest BCUT2D eigenvalue weighted by Gasteiger charge is 2.23. The maximum Gasteiger partial charge on any atom is 0.135 e. The van der Waals surface area contributed by atoms with Crippen LogP contribution in [0.5, 0.6) is 0 Å². The molecule has 7 heteroatoms. The first kappa shape index (κ1) is 60.1. The average Bonchev–Trinajstić information content (AvgIpc) is 1.61. The van der Waals surface area contributed by atoms with Crippen LogP contribution < -0.4 is 0 Å². The largest absolute Gasteiger partial charge is 0.456 e. The Balaban J connectivity index is 0.592. The van der Waals surface area contributed by atoms with Gasteiger partial charge in [-0.15, -0.1) is 11.3 Å². The molecule has 0 aliphatic heterocycles. The van der Waals surface area contributed by atoms with Crippen molar-refractivity contribution in [2.24, 2.45) is 0 Å². The summed E-state index contributed by atoms with van der Waals surface area (Å²) in [6.45, 7) is 0. The molecule has 0 aliphatic carbocycles. The lowest BCUT2D eigenvalue weighted by molar-refractivity contribution is 0.669. The molecule has 7 aromatic heterocycles. The van der Waals surface area contributed by atoms with Crippen molar-refractivity contribution in [3.63, 3.8) is 0 Å². The van der Waals surface area contributed by atoms with Crippen LogP contribution >= 0.6 is 11.3 Å². The van der Waals surface area contributed by atoms with Crippen molar-refractivity contribution in [1.29, 1.82) is 0 Å². The van der Waals surface area contributed by atoms with Crippen LogP contribution in [-0.4, -0.2) is 22.8 Å². The summed E-state index contributed by atoms with van der Waals surface area (Å²) in [6, 6.07) is 137. The topological polar surface area (TPSA) is 37.8 Å². The lowest BCUT2D eigenvalue weighted by atomic mass is 9.99. The molecular weight excluding hydrogens is 1340 g/mol. The molecule has 0 radical (unpaired) electrons. The number of para-hydroxylation sites is 5. The fraction of sp³-hybridized carbons (Fsp3) is 0.